The first-order valence-electron chi connectivity index (χ1n) is 9.24. The fourth-order valence-electron chi connectivity index (χ4n) is 3.51. The lowest BCUT2D eigenvalue weighted by Crippen LogP contribution is -2.35. The summed E-state index contributed by atoms with van der Waals surface area (Å²) in [5.41, 5.74) is 4.40. The standard InChI is InChI=1S/C21H21ClN4O2S/c1-28-19-6-4-14(22)9-15(19)17-5-3-13(10-23-17)11-26-8-7-18-16(12-26)20(27)25-21(24-18)29-2/h3-6,9-10H,7-8,11-12H2,1-2H3,(H,24,25,27). The number of H-pyrrole nitrogens is 1. The second kappa shape index (κ2) is 8.57. The van der Waals surface area contributed by atoms with E-state index in [1.807, 2.05) is 30.7 Å². The molecule has 0 radical (unpaired) electrons. The number of aromatic nitrogens is 3. The minimum Gasteiger partial charge on any atom is -0.496 e. The summed E-state index contributed by atoms with van der Waals surface area (Å²) in [5.74, 6) is 0.735. The molecule has 2 aromatic heterocycles. The molecule has 0 aliphatic carbocycles. The highest BCUT2D eigenvalue weighted by molar-refractivity contribution is 7.98. The van der Waals surface area contributed by atoms with Gasteiger partial charge >= 0.3 is 0 Å². The van der Waals surface area contributed by atoms with E-state index in [1.54, 1.807) is 13.2 Å². The summed E-state index contributed by atoms with van der Waals surface area (Å²) >= 11 is 7.59. The zero-order chi connectivity index (χ0) is 20.4. The van der Waals surface area contributed by atoms with Crippen molar-refractivity contribution in [3.63, 3.8) is 0 Å². The van der Waals surface area contributed by atoms with Gasteiger partial charge in [-0.05, 0) is 36.1 Å². The lowest BCUT2D eigenvalue weighted by molar-refractivity contribution is 0.240. The van der Waals surface area contributed by atoms with Crippen molar-refractivity contribution >= 4 is 23.4 Å². The van der Waals surface area contributed by atoms with Gasteiger partial charge in [0.25, 0.3) is 5.56 Å². The Morgan fingerprint density at radius 3 is 2.90 bits per heavy atom. The second-order valence-electron chi connectivity index (χ2n) is 6.86. The SMILES string of the molecule is COc1ccc(Cl)cc1-c1ccc(CN2CCc3nc(SC)[nH]c(=O)c3C2)cn1. The number of nitrogens with one attached hydrogen (secondary N) is 1. The number of pyridine rings is 1. The summed E-state index contributed by atoms with van der Waals surface area (Å²) in [4.78, 5) is 26.6. The van der Waals surface area contributed by atoms with Gasteiger partial charge in [-0.15, -0.1) is 0 Å². The van der Waals surface area contributed by atoms with Crippen molar-refractivity contribution in [3.8, 4) is 17.0 Å². The summed E-state index contributed by atoms with van der Waals surface area (Å²) in [6.07, 6.45) is 4.55. The van der Waals surface area contributed by atoms with E-state index in [0.29, 0.717) is 16.7 Å². The van der Waals surface area contributed by atoms with Crippen LogP contribution in [-0.4, -0.2) is 39.8 Å². The molecule has 29 heavy (non-hydrogen) atoms. The molecule has 3 heterocycles. The van der Waals surface area contributed by atoms with E-state index in [2.05, 4.69) is 25.9 Å². The average molecular weight is 429 g/mol. The maximum Gasteiger partial charge on any atom is 0.256 e. The molecule has 0 bridgehead atoms. The van der Waals surface area contributed by atoms with E-state index in [4.69, 9.17) is 16.3 Å². The number of aromatic amines is 1. The van der Waals surface area contributed by atoms with E-state index in [-0.39, 0.29) is 5.56 Å². The Bertz CT molecular complexity index is 1090. The highest BCUT2D eigenvalue weighted by atomic mass is 35.5. The lowest BCUT2D eigenvalue weighted by Gasteiger charge is -2.27. The van der Waals surface area contributed by atoms with Crippen LogP contribution in [-0.2, 0) is 19.5 Å². The molecular weight excluding hydrogens is 408 g/mol. The van der Waals surface area contributed by atoms with E-state index in [1.165, 1.54) is 11.8 Å². The number of benzene rings is 1. The molecule has 0 spiro atoms. The molecule has 1 N–H and O–H groups in total. The fraction of sp³-hybridized carbons (Fsp3) is 0.286. The van der Waals surface area contributed by atoms with Gasteiger partial charge in [0.05, 0.1) is 24.1 Å². The molecule has 4 rings (SSSR count). The molecule has 0 atom stereocenters. The van der Waals surface area contributed by atoms with Crippen LogP contribution in [0.1, 0.15) is 16.8 Å². The summed E-state index contributed by atoms with van der Waals surface area (Å²) < 4.78 is 5.42. The number of thioether (sulfide) groups is 1. The average Bonchev–Trinajstić information content (AvgIpc) is 2.74. The Hall–Kier alpha value is -2.35. The zero-order valence-corrected chi connectivity index (χ0v) is 17.8. The minimum atomic E-state index is -0.0365. The highest BCUT2D eigenvalue weighted by Crippen LogP contribution is 2.31. The molecule has 150 valence electrons. The van der Waals surface area contributed by atoms with Crippen molar-refractivity contribution in [2.45, 2.75) is 24.7 Å². The Morgan fingerprint density at radius 1 is 1.31 bits per heavy atom. The number of nitrogens with zero attached hydrogens (tertiary/aromatic N) is 3. The summed E-state index contributed by atoms with van der Waals surface area (Å²) in [7, 11) is 1.63. The molecule has 3 aromatic rings. The zero-order valence-electron chi connectivity index (χ0n) is 16.2. The molecule has 0 unspecified atom stereocenters. The molecule has 6 nitrogen and oxygen atoms in total. The van der Waals surface area contributed by atoms with Gasteiger partial charge in [0.15, 0.2) is 5.16 Å². The number of hydrogen-bond acceptors (Lipinski definition) is 6. The molecule has 0 fully saturated rings. The van der Waals surface area contributed by atoms with Gasteiger partial charge in [-0.3, -0.25) is 14.7 Å². The maximum atomic E-state index is 12.4. The second-order valence-corrected chi connectivity index (χ2v) is 8.09. The summed E-state index contributed by atoms with van der Waals surface area (Å²) in [6, 6.07) is 9.52. The number of methoxy groups -OCH3 is 1. The van der Waals surface area contributed by atoms with Gasteiger partial charge in [0.2, 0.25) is 0 Å². The highest BCUT2D eigenvalue weighted by Gasteiger charge is 2.21. The van der Waals surface area contributed by atoms with Crippen LogP contribution in [0.4, 0.5) is 0 Å². The third kappa shape index (κ3) is 4.32. The van der Waals surface area contributed by atoms with Crippen molar-refractivity contribution in [2.24, 2.45) is 0 Å². The summed E-state index contributed by atoms with van der Waals surface area (Å²) in [5, 5.41) is 1.32. The third-order valence-corrected chi connectivity index (χ3v) is 5.80. The van der Waals surface area contributed by atoms with Crippen LogP contribution in [0.3, 0.4) is 0 Å². The fourth-order valence-corrected chi connectivity index (χ4v) is 4.07. The van der Waals surface area contributed by atoms with Crippen molar-refractivity contribution in [1.82, 2.24) is 19.9 Å². The van der Waals surface area contributed by atoms with Crippen molar-refractivity contribution in [3.05, 3.63) is 68.7 Å². The van der Waals surface area contributed by atoms with Crippen molar-refractivity contribution < 1.29 is 4.74 Å². The quantitative estimate of drug-likeness (QED) is 0.492. The number of ether oxygens (including phenoxy) is 1. The van der Waals surface area contributed by atoms with Gasteiger partial charge in [-0.1, -0.05) is 29.4 Å². The number of halogens is 1. The summed E-state index contributed by atoms with van der Waals surface area (Å²) in [6.45, 7) is 2.18. The maximum absolute atomic E-state index is 12.4. The third-order valence-electron chi connectivity index (χ3n) is 4.99. The first-order chi connectivity index (χ1) is 14.1. The van der Waals surface area contributed by atoms with Gasteiger partial charge in [0, 0.05) is 42.8 Å². The molecule has 0 saturated heterocycles. The monoisotopic (exact) mass is 428 g/mol. The molecule has 0 saturated carbocycles. The van der Waals surface area contributed by atoms with Crippen LogP contribution in [0.15, 0.2) is 46.5 Å². The van der Waals surface area contributed by atoms with Crippen LogP contribution in [0.25, 0.3) is 11.3 Å². The first-order valence-corrected chi connectivity index (χ1v) is 10.8. The molecule has 1 aliphatic rings. The van der Waals surface area contributed by atoms with E-state index in [0.717, 1.165) is 53.3 Å². The van der Waals surface area contributed by atoms with E-state index >= 15 is 0 Å². The number of fused-ring (bicyclic) bond motifs is 1. The van der Waals surface area contributed by atoms with Crippen LogP contribution in [0.5, 0.6) is 5.75 Å². The van der Waals surface area contributed by atoms with Gasteiger partial charge < -0.3 is 9.72 Å². The van der Waals surface area contributed by atoms with E-state index in [9.17, 15) is 4.79 Å². The van der Waals surface area contributed by atoms with Crippen molar-refractivity contribution in [1.29, 1.82) is 0 Å². The number of rotatable bonds is 5. The number of hydrogen-bond donors (Lipinski definition) is 1. The lowest BCUT2D eigenvalue weighted by atomic mass is 10.1. The Balaban J connectivity index is 1.50. The predicted octanol–water partition coefficient (Wildman–Crippen LogP) is 3.77. The largest absolute Gasteiger partial charge is 0.496 e. The van der Waals surface area contributed by atoms with Crippen LogP contribution in [0, 0.1) is 0 Å². The van der Waals surface area contributed by atoms with Crippen LogP contribution < -0.4 is 10.3 Å². The molecule has 0 amide bonds. The molecule has 1 aromatic carbocycles. The van der Waals surface area contributed by atoms with Crippen molar-refractivity contribution in [2.75, 3.05) is 19.9 Å². The predicted molar refractivity (Wildman–Crippen MR) is 116 cm³/mol. The normalized spacial score (nSPS) is 13.9. The van der Waals surface area contributed by atoms with Crippen LogP contribution in [0.2, 0.25) is 5.02 Å². The Morgan fingerprint density at radius 2 is 2.17 bits per heavy atom. The molecule has 8 heteroatoms. The smallest absolute Gasteiger partial charge is 0.256 e. The first kappa shape index (κ1) is 19.9. The Kier molecular flexibility index (Phi) is 5.89. The van der Waals surface area contributed by atoms with E-state index < -0.39 is 0 Å². The van der Waals surface area contributed by atoms with Gasteiger partial charge in [-0.25, -0.2) is 4.98 Å². The minimum absolute atomic E-state index is 0.0365. The molecular formula is C21H21ClN4O2S. The van der Waals surface area contributed by atoms with Crippen LogP contribution >= 0.6 is 23.4 Å². The van der Waals surface area contributed by atoms with Gasteiger partial charge in [-0.2, -0.15) is 0 Å². The molecule has 1 aliphatic heterocycles. The Labute approximate surface area is 178 Å². The topological polar surface area (TPSA) is 71.1 Å². The van der Waals surface area contributed by atoms with Gasteiger partial charge in [0.1, 0.15) is 5.75 Å².